The molecule has 1 unspecified atom stereocenters. The second-order valence-electron chi connectivity index (χ2n) is 5.53. The van der Waals surface area contributed by atoms with Crippen molar-refractivity contribution in [2.75, 3.05) is 7.11 Å². The van der Waals surface area contributed by atoms with Gasteiger partial charge in [0.25, 0.3) is 0 Å². The lowest BCUT2D eigenvalue weighted by molar-refractivity contribution is -0.137. The molecule has 1 atom stereocenters. The number of hydrogen-bond acceptors (Lipinski definition) is 5. The quantitative estimate of drug-likeness (QED) is 0.587. The predicted octanol–water partition coefficient (Wildman–Crippen LogP) is 4.17. The number of hydrogen-bond donors (Lipinski definition) is 0. The summed E-state index contributed by atoms with van der Waals surface area (Å²) in [6.45, 7) is 8.82. The minimum Gasteiger partial charge on any atom is -0.466 e. The highest BCUT2D eigenvalue weighted by Gasteiger charge is 2.28. The minimum atomic E-state index is -0.976. The lowest BCUT2D eigenvalue weighted by Gasteiger charge is -2.23. The standard InChI is InChI=1S/C16H19BrO5/c1-10(14(18)20-5)13(11-6-8-12(17)9-7-11)21-15(19)22-16(2,3)4/h6-9,13H,1H2,2-5H3. The minimum absolute atomic E-state index is 0.00989. The van der Waals surface area contributed by atoms with E-state index in [1.807, 2.05) is 0 Å². The maximum absolute atomic E-state index is 11.9. The van der Waals surface area contributed by atoms with Crippen LogP contribution in [0, 0.1) is 0 Å². The summed E-state index contributed by atoms with van der Waals surface area (Å²) in [4.78, 5) is 23.6. The number of carbonyl (C=O) groups excluding carboxylic acids is 2. The van der Waals surface area contributed by atoms with E-state index in [2.05, 4.69) is 27.2 Å². The third-order valence-electron chi connectivity index (χ3n) is 2.54. The van der Waals surface area contributed by atoms with E-state index in [9.17, 15) is 9.59 Å². The Hall–Kier alpha value is -1.82. The highest BCUT2D eigenvalue weighted by Crippen LogP contribution is 2.28. The first kappa shape index (κ1) is 18.2. The molecule has 0 N–H and O–H groups in total. The van der Waals surface area contributed by atoms with Crippen molar-refractivity contribution >= 4 is 28.1 Å². The summed E-state index contributed by atoms with van der Waals surface area (Å²) in [6.07, 6.45) is -1.86. The zero-order valence-electron chi connectivity index (χ0n) is 13.0. The third-order valence-corrected chi connectivity index (χ3v) is 3.07. The molecule has 0 aliphatic rings. The summed E-state index contributed by atoms with van der Waals surface area (Å²) >= 11 is 3.32. The molecule has 0 aromatic heterocycles. The van der Waals surface area contributed by atoms with Crippen LogP contribution >= 0.6 is 15.9 Å². The molecule has 5 nitrogen and oxygen atoms in total. The van der Waals surface area contributed by atoms with E-state index in [0.717, 1.165) is 4.47 Å². The zero-order chi connectivity index (χ0) is 16.9. The summed E-state index contributed by atoms with van der Waals surface area (Å²) in [5.41, 5.74) is -0.103. The number of rotatable bonds is 4. The highest BCUT2D eigenvalue weighted by molar-refractivity contribution is 9.10. The van der Waals surface area contributed by atoms with Gasteiger partial charge in [-0.3, -0.25) is 0 Å². The van der Waals surface area contributed by atoms with Crippen LogP contribution in [0.3, 0.4) is 0 Å². The Morgan fingerprint density at radius 1 is 1.18 bits per heavy atom. The summed E-state index contributed by atoms with van der Waals surface area (Å²) in [6, 6.07) is 6.97. The maximum Gasteiger partial charge on any atom is 0.509 e. The van der Waals surface area contributed by atoms with Crippen LogP contribution in [0.4, 0.5) is 4.79 Å². The molecular weight excluding hydrogens is 352 g/mol. The van der Waals surface area contributed by atoms with Crippen molar-refractivity contribution in [3.8, 4) is 0 Å². The number of ether oxygens (including phenoxy) is 3. The van der Waals surface area contributed by atoms with Crippen LogP contribution in [0.15, 0.2) is 40.9 Å². The van der Waals surface area contributed by atoms with E-state index in [1.165, 1.54) is 7.11 Å². The largest absolute Gasteiger partial charge is 0.509 e. The van der Waals surface area contributed by atoms with E-state index in [4.69, 9.17) is 9.47 Å². The fourth-order valence-electron chi connectivity index (χ4n) is 1.59. The van der Waals surface area contributed by atoms with Crippen molar-refractivity contribution in [2.45, 2.75) is 32.5 Å². The van der Waals surface area contributed by atoms with Crippen molar-refractivity contribution in [3.05, 3.63) is 46.5 Å². The first-order valence-corrected chi connectivity index (χ1v) is 7.35. The Bertz CT molecular complexity index is 557. The number of esters is 1. The van der Waals surface area contributed by atoms with Gasteiger partial charge in [0.1, 0.15) is 5.60 Å². The smallest absolute Gasteiger partial charge is 0.466 e. The second kappa shape index (κ2) is 7.45. The third kappa shape index (κ3) is 5.52. The van der Waals surface area contributed by atoms with Crippen LogP contribution in [-0.4, -0.2) is 24.8 Å². The molecule has 0 aliphatic carbocycles. The monoisotopic (exact) mass is 370 g/mol. The average Bonchev–Trinajstić information content (AvgIpc) is 2.42. The Morgan fingerprint density at radius 3 is 2.18 bits per heavy atom. The van der Waals surface area contributed by atoms with E-state index >= 15 is 0 Å². The molecule has 22 heavy (non-hydrogen) atoms. The van der Waals surface area contributed by atoms with Crippen LogP contribution < -0.4 is 0 Å². The van der Waals surface area contributed by atoms with Crippen molar-refractivity contribution in [2.24, 2.45) is 0 Å². The van der Waals surface area contributed by atoms with Gasteiger partial charge in [0.05, 0.1) is 12.7 Å². The molecular formula is C16H19BrO5. The zero-order valence-corrected chi connectivity index (χ0v) is 14.6. The summed E-state index contributed by atoms with van der Waals surface area (Å²) < 4.78 is 15.9. The number of methoxy groups -OCH3 is 1. The van der Waals surface area contributed by atoms with Gasteiger partial charge in [-0.05, 0) is 38.5 Å². The molecule has 0 spiro atoms. The van der Waals surface area contributed by atoms with Gasteiger partial charge in [-0.1, -0.05) is 34.6 Å². The first-order valence-electron chi connectivity index (χ1n) is 6.56. The van der Waals surface area contributed by atoms with Crippen molar-refractivity contribution < 1.29 is 23.8 Å². The Balaban J connectivity index is 3.01. The number of carbonyl (C=O) groups is 2. The van der Waals surface area contributed by atoms with Crippen LogP contribution in [0.1, 0.15) is 32.4 Å². The highest BCUT2D eigenvalue weighted by atomic mass is 79.9. The van der Waals surface area contributed by atoms with Crippen LogP contribution in [0.25, 0.3) is 0 Å². The molecule has 0 fully saturated rings. The summed E-state index contributed by atoms with van der Waals surface area (Å²) in [5.74, 6) is -0.656. The normalized spacial score (nSPS) is 12.2. The van der Waals surface area contributed by atoms with Crippen molar-refractivity contribution in [1.82, 2.24) is 0 Å². The molecule has 1 rings (SSSR count). The molecule has 0 heterocycles. The molecule has 0 amide bonds. The van der Waals surface area contributed by atoms with Gasteiger partial charge < -0.3 is 14.2 Å². The molecule has 0 radical (unpaired) electrons. The van der Waals surface area contributed by atoms with Gasteiger partial charge in [-0.15, -0.1) is 0 Å². The molecule has 0 aliphatic heterocycles. The molecule has 120 valence electrons. The maximum atomic E-state index is 11.9. The molecule has 0 saturated carbocycles. The van der Waals surface area contributed by atoms with Crippen molar-refractivity contribution in [1.29, 1.82) is 0 Å². The SMILES string of the molecule is C=C(C(=O)OC)C(OC(=O)OC(C)(C)C)c1ccc(Br)cc1. The average molecular weight is 371 g/mol. The van der Waals surface area contributed by atoms with Gasteiger partial charge >= 0.3 is 12.1 Å². The van der Waals surface area contributed by atoms with Gasteiger partial charge in [0, 0.05) is 4.47 Å². The van der Waals surface area contributed by atoms with E-state index in [-0.39, 0.29) is 5.57 Å². The van der Waals surface area contributed by atoms with E-state index in [1.54, 1.807) is 45.0 Å². The first-order chi connectivity index (χ1) is 10.1. The second-order valence-corrected chi connectivity index (χ2v) is 6.45. The van der Waals surface area contributed by atoms with E-state index in [0.29, 0.717) is 5.56 Å². The van der Waals surface area contributed by atoms with Gasteiger partial charge in [-0.25, -0.2) is 9.59 Å². The lowest BCUT2D eigenvalue weighted by Crippen LogP contribution is -2.27. The number of benzene rings is 1. The van der Waals surface area contributed by atoms with Gasteiger partial charge in [0.2, 0.25) is 0 Å². The topological polar surface area (TPSA) is 61.8 Å². The molecule has 1 aromatic rings. The lowest BCUT2D eigenvalue weighted by atomic mass is 10.0. The fourth-order valence-corrected chi connectivity index (χ4v) is 1.85. The fraction of sp³-hybridized carbons (Fsp3) is 0.375. The molecule has 1 aromatic carbocycles. The van der Waals surface area contributed by atoms with E-state index < -0.39 is 23.8 Å². The molecule has 0 saturated heterocycles. The Labute approximate surface area is 138 Å². The van der Waals surface area contributed by atoms with Crippen LogP contribution in [0.2, 0.25) is 0 Å². The van der Waals surface area contributed by atoms with Gasteiger partial charge in [0.15, 0.2) is 6.10 Å². The van der Waals surface area contributed by atoms with Crippen LogP contribution in [-0.2, 0) is 19.0 Å². The number of halogens is 1. The molecule has 6 heteroatoms. The Kier molecular flexibility index (Phi) is 6.17. The van der Waals surface area contributed by atoms with Crippen molar-refractivity contribution in [3.63, 3.8) is 0 Å². The predicted molar refractivity (Wildman–Crippen MR) is 85.4 cm³/mol. The Morgan fingerprint density at radius 2 is 1.73 bits per heavy atom. The van der Waals surface area contributed by atoms with Gasteiger partial charge in [-0.2, -0.15) is 0 Å². The summed E-state index contributed by atoms with van der Waals surface area (Å²) in [7, 11) is 1.24. The van der Waals surface area contributed by atoms with Crippen LogP contribution in [0.5, 0.6) is 0 Å². The molecule has 0 bridgehead atoms. The summed E-state index contributed by atoms with van der Waals surface area (Å²) in [5, 5.41) is 0.